The van der Waals surface area contributed by atoms with Gasteiger partial charge >= 0.3 is 0 Å². The van der Waals surface area contributed by atoms with Gasteiger partial charge in [0.25, 0.3) is 0 Å². The zero-order valence-corrected chi connectivity index (χ0v) is 25.7. The number of likely N-dealkylation sites (tertiary alicyclic amines) is 1. The Morgan fingerprint density at radius 2 is 1.81 bits per heavy atom. The molecule has 0 unspecified atom stereocenters. The molecule has 1 fully saturated rings. The molecular formula is C28H44N4O3SSi. The first kappa shape index (κ1) is 29.5. The second-order valence-corrected chi connectivity index (χ2v) is 18.4. The van der Waals surface area contributed by atoms with E-state index in [-0.39, 0.29) is 23.0 Å². The van der Waals surface area contributed by atoms with Crippen LogP contribution in [0.1, 0.15) is 59.2 Å². The Morgan fingerprint density at radius 3 is 2.32 bits per heavy atom. The summed E-state index contributed by atoms with van der Waals surface area (Å²) >= 11 is 1.62. The van der Waals surface area contributed by atoms with Crippen molar-refractivity contribution in [1.29, 1.82) is 0 Å². The molecule has 0 bridgehead atoms. The van der Waals surface area contributed by atoms with Crippen LogP contribution in [0.4, 0.5) is 0 Å². The van der Waals surface area contributed by atoms with Crippen LogP contribution in [0.3, 0.4) is 0 Å². The lowest BCUT2D eigenvalue weighted by Crippen LogP contribution is -2.55. The van der Waals surface area contributed by atoms with Crippen LogP contribution in [-0.4, -0.2) is 54.7 Å². The summed E-state index contributed by atoms with van der Waals surface area (Å²) in [7, 11) is -2.07. The molecule has 2 heterocycles. The minimum absolute atomic E-state index is 0.0356. The highest BCUT2D eigenvalue weighted by Crippen LogP contribution is 2.39. The van der Waals surface area contributed by atoms with Gasteiger partial charge in [-0.15, -0.1) is 11.3 Å². The number of rotatable bonds is 7. The van der Waals surface area contributed by atoms with Gasteiger partial charge in [0.2, 0.25) is 11.8 Å². The Morgan fingerprint density at radius 1 is 1.19 bits per heavy atom. The van der Waals surface area contributed by atoms with Crippen molar-refractivity contribution in [1.82, 2.24) is 15.2 Å². The van der Waals surface area contributed by atoms with Gasteiger partial charge in [-0.3, -0.25) is 9.59 Å². The number of nitrogens with zero attached hydrogens (tertiary/aromatic N) is 2. The van der Waals surface area contributed by atoms with E-state index in [4.69, 9.17) is 10.2 Å². The van der Waals surface area contributed by atoms with Crippen LogP contribution in [0, 0.1) is 12.3 Å². The van der Waals surface area contributed by atoms with Gasteiger partial charge in [0, 0.05) is 19.5 Å². The number of aromatic nitrogens is 1. The van der Waals surface area contributed by atoms with Crippen molar-refractivity contribution in [3.63, 3.8) is 0 Å². The monoisotopic (exact) mass is 544 g/mol. The van der Waals surface area contributed by atoms with Gasteiger partial charge in [-0.2, -0.15) is 0 Å². The van der Waals surface area contributed by atoms with Crippen molar-refractivity contribution >= 4 is 31.5 Å². The molecule has 0 saturated carbocycles. The Hall–Kier alpha value is -2.07. The smallest absolute Gasteiger partial charge is 0.243 e. The topological polar surface area (TPSA) is 97.5 Å². The van der Waals surface area contributed by atoms with Crippen LogP contribution in [0.5, 0.6) is 0 Å². The highest BCUT2D eigenvalue weighted by molar-refractivity contribution is 7.13. The second-order valence-electron chi connectivity index (χ2n) is 12.8. The third kappa shape index (κ3) is 6.87. The summed E-state index contributed by atoms with van der Waals surface area (Å²) in [6.45, 7) is 19.6. The predicted molar refractivity (Wildman–Crippen MR) is 154 cm³/mol. The maximum atomic E-state index is 13.4. The second kappa shape index (κ2) is 11.0. The van der Waals surface area contributed by atoms with Crippen molar-refractivity contribution < 1.29 is 14.0 Å². The van der Waals surface area contributed by atoms with Gasteiger partial charge in [0.15, 0.2) is 8.32 Å². The van der Waals surface area contributed by atoms with E-state index in [1.165, 1.54) is 0 Å². The maximum absolute atomic E-state index is 13.4. The molecule has 3 rings (SSSR count). The zero-order valence-electron chi connectivity index (χ0n) is 23.8. The Labute approximate surface area is 227 Å². The number of benzene rings is 1. The lowest BCUT2D eigenvalue weighted by Gasteiger charge is -2.38. The summed E-state index contributed by atoms with van der Waals surface area (Å²) < 4.78 is 6.63. The quantitative estimate of drug-likeness (QED) is 0.473. The number of aryl methyl sites for hydroxylation is 1. The van der Waals surface area contributed by atoms with E-state index in [1.54, 1.807) is 16.2 Å². The fraction of sp³-hybridized carbons (Fsp3) is 0.607. The number of nitrogens with two attached hydrogens (primary N) is 1. The van der Waals surface area contributed by atoms with Crippen LogP contribution in [0.15, 0.2) is 29.8 Å². The average molecular weight is 545 g/mol. The van der Waals surface area contributed by atoms with Gasteiger partial charge in [-0.1, -0.05) is 65.8 Å². The van der Waals surface area contributed by atoms with Crippen LogP contribution < -0.4 is 11.1 Å². The summed E-state index contributed by atoms with van der Waals surface area (Å²) in [4.78, 5) is 34.0. The normalized spacial score (nSPS) is 19.7. The molecule has 9 heteroatoms. The average Bonchev–Trinajstić information content (AvgIpc) is 3.41. The summed E-state index contributed by atoms with van der Waals surface area (Å²) in [6.07, 6.45) is 0.291. The highest BCUT2D eigenvalue weighted by atomic mass is 32.1. The molecule has 37 heavy (non-hydrogen) atoms. The first-order chi connectivity index (χ1) is 17.0. The third-order valence-electron chi connectivity index (χ3n) is 7.74. The van der Waals surface area contributed by atoms with E-state index >= 15 is 0 Å². The van der Waals surface area contributed by atoms with Crippen molar-refractivity contribution in [3.8, 4) is 10.4 Å². The van der Waals surface area contributed by atoms with Gasteiger partial charge in [0.1, 0.15) is 6.04 Å². The van der Waals surface area contributed by atoms with E-state index in [0.717, 1.165) is 21.7 Å². The Balaban J connectivity index is 1.73. The molecule has 1 aliphatic rings. The molecule has 0 spiro atoms. The van der Waals surface area contributed by atoms with Crippen LogP contribution in [0.25, 0.3) is 10.4 Å². The molecule has 1 aromatic heterocycles. The first-order valence-electron chi connectivity index (χ1n) is 13.0. The largest absolute Gasteiger partial charge is 0.412 e. The summed E-state index contributed by atoms with van der Waals surface area (Å²) in [6, 6.07) is 6.85. The summed E-state index contributed by atoms with van der Waals surface area (Å²) in [5.41, 5.74) is 10.9. The van der Waals surface area contributed by atoms with Gasteiger partial charge in [-0.25, -0.2) is 4.98 Å². The lowest BCUT2D eigenvalue weighted by molar-refractivity contribution is -0.141. The van der Waals surface area contributed by atoms with Crippen molar-refractivity contribution in [2.45, 2.75) is 97.8 Å². The molecule has 204 valence electrons. The SMILES string of the molecule is Cc1ncsc1-c1ccc(CNC(=O)[C@@H]2C[C@@H](O[Si](C)(C)C(C)(C)C)CN2C(=O)[C@@H](N)C(C)(C)C)cc1. The number of nitrogens with one attached hydrogen (secondary N) is 1. The number of thiazole rings is 1. The molecule has 0 aliphatic carbocycles. The van der Waals surface area contributed by atoms with Crippen LogP contribution >= 0.6 is 11.3 Å². The van der Waals surface area contributed by atoms with E-state index in [0.29, 0.717) is 19.5 Å². The molecule has 2 amide bonds. The zero-order chi connectivity index (χ0) is 27.8. The molecular weight excluding hydrogens is 500 g/mol. The standard InChI is InChI=1S/C28H44N4O3SSi/c1-18-23(36-17-31-18)20-12-10-19(11-13-20)15-30-25(33)22-14-21(35-37(8,9)28(5,6)7)16-32(22)26(34)24(29)27(2,3)4/h10-13,17,21-22,24H,14-16,29H2,1-9H3,(H,30,33)/t21-,22+,24-/m1/s1. The number of hydrogen-bond donors (Lipinski definition) is 2. The van der Waals surface area contributed by atoms with E-state index < -0.39 is 25.8 Å². The molecule has 1 aromatic carbocycles. The number of hydrogen-bond acceptors (Lipinski definition) is 6. The van der Waals surface area contributed by atoms with E-state index in [1.807, 2.05) is 45.3 Å². The van der Waals surface area contributed by atoms with Crippen LogP contribution in [0.2, 0.25) is 18.1 Å². The minimum atomic E-state index is -2.07. The molecule has 3 atom stereocenters. The van der Waals surface area contributed by atoms with Gasteiger partial charge in [0.05, 0.1) is 28.2 Å². The molecule has 3 N–H and O–H groups in total. The molecule has 7 nitrogen and oxygen atoms in total. The number of carbonyl (C=O) groups excluding carboxylic acids is 2. The minimum Gasteiger partial charge on any atom is -0.412 e. The Bertz CT molecular complexity index is 1100. The van der Waals surface area contributed by atoms with Crippen molar-refractivity contribution in [2.75, 3.05) is 6.54 Å². The molecule has 2 aromatic rings. The molecule has 0 radical (unpaired) electrons. The molecule has 1 aliphatic heterocycles. The predicted octanol–water partition coefficient (Wildman–Crippen LogP) is 5.10. The fourth-order valence-electron chi connectivity index (χ4n) is 4.18. The van der Waals surface area contributed by atoms with E-state index in [2.05, 4.69) is 56.3 Å². The number of carbonyl (C=O) groups is 2. The van der Waals surface area contributed by atoms with Crippen LogP contribution in [-0.2, 0) is 20.6 Å². The molecule has 1 saturated heterocycles. The fourth-order valence-corrected chi connectivity index (χ4v) is 6.35. The lowest BCUT2D eigenvalue weighted by atomic mass is 9.86. The first-order valence-corrected chi connectivity index (χ1v) is 16.8. The maximum Gasteiger partial charge on any atom is 0.243 e. The van der Waals surface area contributed by atoms with Crippen molar-refractivity contribution in [3.05, 3.63) is 41.0 Å². The number of amides is 2. The Kier molecular flexibility index (Phi) is 8.73. The highest BCUT2D eigenvalue weighted by Gasteiger charge is 2.47. The summed E-state index contributed by atoms with van der Waals surface area (Å²) in [5.74, 6) is -0.364. The third-order valence-corrected chi connectivity index (χ3v) is 13.3. The van der Waals surface area contributed by atoms with Gasteiger partial charge < -0.3 is 20.4 Å². The summed E-state index contributed by atoms with van der Waals surface area (Å²) in [5, 5.41) is 3.09. The van der Waals surface area contributed by atoms with Gasteiger partial charge in [-0.05, 0) is 41.6 Å². The van der Waals surface area contributed by atoms with E-state index in [9.17, 15) is 9.59 Å². The van der Waals surface area contributed by atoms with Crippen molar-refractivity contribution in [2.24, 2.45) is 11.1 Å².